The lowest BCUT2D eigenvalue weighted by Gasteiger charge is -2.18. The highest BCUT2D eigenvalue weighted by Gasteiger charge is 2.38. The first-order valence-electron chi connectivity index (χ1n) is 9.45. The SMILES string of the molecule is O=C(CCCNS(=O)(=O)c1ccc2c(c1)OCCO2)ON1C(=O)c2ccccc2C1=O. The Hall–Kier alpha value is -3.44. The number of nitrogens with zero attached hydrogens (tertiary/aromatic N) is 1. The van der Waals surface area contributed by atoms with E-state index in [0.717, 1.165) is 0 Å². The standard InChI is InChI=1S/C20H18N2O8S/c23-18(30-22-19(24)14-4-1-2-5-15(14)20(22)25)6-3-9-21-31(26,27)13-7-8-16-17(12-13)29-11-10-28-16/h1-2,4-5,7-8,12,21H,3,6,9-11H2. The molecular formula is C20H18N2O8S. The number of hydroxylamine groups is 2. The summed E-state index contributed by atoms with van der Waals surface area (Å²) in [6.07, 6.45) is -0.0944. The van der Waals surface area contributed by atoms with Gasteiger partial charge < -0.3 is 14.3 Å². The van der Waals surface area contributed by atoms with Crippen molar-refractivity contribution in [2.75, 3.05) is 19.8 Å². The van der Waals surface area contributed by atoms with Gasteiger partial charge in [0.05, 0.1) is 16.0 Å². The summed E-state index contributed by atoms with van der Waals surface area (Å²) in [6.45, 7) is 0.682. The maximum absolute atomic E-state index is 12.4. The molecule has 1 N–H and O–H groups in total. The van der Waals surface area contributed by atoms with Crippen LogP contribution in [-0.2, 0) is 19.7 Å². The molecule has 2 aromatic rings. The second-order valence-corrected chi connectivity index (χ2v) is 8.49. The van der Waals surface area contributed by atoms with E-state index in [1.165, 1.54) is 30.3 Å². The lowest BCUT2D eigenvalue weighted by molar-refractivity contribution is -0.168. The Bertz CT molecular complexity index is 1130. The maximum Gasteiger partial charge on any atom is 0.333 e. The molecule has 0 atom stereocenters. The number of rotatable bonds is 7. The minimum Gasteiger partial charge on any atom is -0.486 e. The van der Waals surface area contributed by atoms with Crippen LogP contribution in [0.5, 0.6) is 11.5 Å². The van der Waals surface area contributed by atoms with Crippen LogP contribution >= 0.6 is 0 Å². The molecule has 0 saturated heterocycles. The van der Waals surface area contributed by atoms with Gasteiger partial charge in [0.15, 0.2) is 11.5 Å². The van der Waals surface area contributed by atoms with Crippen LogP contribution in [0, 0.1) is 0 Å². The van der Waals surface area contributed by atoms with Crippen molar-refractivity contribution in [3.8, 4) is 11.5 Å². The highest BCUT2D eigenvalue weighted by Crippen LogP contribution is 2.32. The van der Waals surface area contributed by atoms with Crippen LogP contribution in [-0.4, -0.2) is 51.0 Å². The zero-order valence-corrected chi connectivity index (χ0v) is 17.0. The lowest BCUT2D eigenvalue weighted by atomic mass is 10.1. The van der Waals surface area contributed by atoms with E-state index in [9.17, 15) is 22.8 Å². The van der Waals surface area contributed by atoms with Gasteiger partial charge in [-0.2, -0.15) is 0 Å². The summed E-state index contributed by atoms with van der Waals surface area (Å²) in [7, 11) is -3.82. The summed E-state index contributed by atoms with van der Waals surface area (Å²) < 4.78 is 38.0. The van der Waals surface area contributed by atoms with Crippen molar-refractivity contribution in [2.24, 2.45) is 0 Å². The predicted molar refractivity (Wildman–Crippen MR) is 105 cm³/mol. The first kappa shape index (κ1) is 20.8. The molecule has 2 aliphatic rings. The van der Waals surface area contributed by atoms with Crippen molar-refractivity contribution < 1.29 is 37.1 Å². The number of carbonyl (C=O) groups excluding carboxylic acids is 3. The van der Waals surface area contributed by atoms with Crippen LogP contribution in [0.4, 0.5) is 0 Å². The molecule has 2 aliphatic heterocycles. The van der Waals surface area contributed by atoms with Gasteiger partial charge in [-0.15, -0.1) is 0 Å². The van der Waals surface area contributed by atoms with Gasteiger partial charge in [0.1, 0.15) is 13.2 Å². The molecule has 31 heavy (non-hydrogen) atoms. The Morgan fingerprint density at radius 1 is 1.00 bits per heavy atom. The van der Waals surface area contributed by atoms with Gasteiger partial charge in [-0.05, 0) is 30.7 Å². The van der Waals surface area contributed by atoms with E-state index in [1.807, 2.05) is 0 Å². The Kier molecular flexibility index (Phi) is 5.61. The van der Waals surface area contributed by atoms with E-state index < -0.39 is 27.8 Å². The smallest absolute Gasteiger partial charge is 0.333 e. The topological polar surface area (TPSA) is 128 Å². The zero-order chi connectivity index (χ0) is 22.0. The van der Waals surface area contributed by atoms with E-state index in [2.05, 4.69) is 4.72 Å². The second-order valence-electron chi connectivity index (χ2n) is 6.72. The first-order chi connectivity index (χ1) is 14.9. The summed E-state index contributed by atoms with van der Waals surface area (Å²) in [6, 6.07) is 10.4. The van der Waals surface area contributed by atoms with E-state index in [1.54, 1.807) is 12.1 Å². The minimum atomic E-state index is -3.82. The Morgan fingerprint density at radius 3 is 2.32 bits per heavy atom. The summed E-state index contributed by atoms with van der Waals surface area (Å²) >= 11 is 0. The van der Waals surface area contributed by atoms with Gasteiger partial charge in [-0.25, -0.2) is 17.9 Å². The van der Waals surface area contributed by atoms with Gasteiger partial charge >= 0.3 is 5.97 Å². The maximum atomic E-state index is 12.4. The number of benzene rings is 2. The van der Waals surface area contributed by atoms with Gasteiger partial charge in [-0.1, -0.05) is 17.2 Å². The average Bonchev–Trinajstić information content (AvgIpc) is 3.01. The van der Waals surface area contributed by atoms with Crippen molar-refractivity contribution in [1.29, 1.82) is 0 Å². The van der Waals surface area contributed by atoms with Crippen molar-refractivity contribution in [3.63, 3.8) is 0 Å². The Labute approximate surface area is 177 Å². The van der Waals surface area contributed by atoms with Crippen LogP contribution in [0.2, 0.25) is 0 Å². The predicted octanol–water partition coefficient (Wildman–Crippen LogP) is 1.27. The number of imide groups is 1. The molecule has 0 spiro atoms. The molecule has 0 aromatic heterocycles. The Morgan fingerprint density at radius 2 is 1.65 bits per heavy atom. The number of nitrogens with one attached hydrogen (secondary N) is 1. The number of fused-ring (bicyclic) bond motifs is 2. The van der Waals surface area contributed by atoms with Crippen LogP contribution in [0.3, 0.4) is 0 Å². The molecule has 162 valence electrons. The molecule has 2 aromatic carbocycles. The summed E-state index contributed by atoms with van der Waals surface area (Å²) in [4.78, 5) is 41.3. The molecule has 0 unspecified atom stereocenters. The molecule has 0 radical (unpaired) electrons. The van der Waals surface area contributed by atoms with Crippen molar-refractivity contribution in [3.05, 3.63) is 53.6 Å². The van der Waals surface area contributed by atoms with E-state index in [0.29, 0.717) is 29.8 Å². The number of hydrogen-bond acceptors (Lipinski definition) is 8. The fraction of sp³-hybridized carbons (Fsp3) is 0.250. The number of sulfonamides is 1. The fourth-order valence-electron chi connectivity index (χ4n) is 3.11. The third kappa shape index (κ3) is 4.23. The van der Waals surface area contributed by atoms with E-state index in [4.69, 9.17) is 14.3 Å². The molecule has 2 amide bonds. The Balaban J connectivity index is 1.27. The van der Waals surface area contributed by atoms with Crippen molar-refractivity contribution >= 4 is 27.8 Å². The van der Waals surface area contributed by atoms with Crippen molar-refractivity contribution in [2.45, 2.75) is 17.7 Å². The van der Waals surface area contributed by atoms with Crippen LogP contribution in [0.25, 0.3) is 0 Å². The molecule has 10 nitrogen and oxygen atoms in total. The fourth-order valence-corrected chi connectivity index (χ4v) is 4.20. The number of hydrogen-bond donors (Lipinski definition) is 1. The number of amides is 2. The van der Waals surface area contributed by atoms with Crippen molar-refractivity contribution in [1.82, 2.24) is 9.79 Å². The summed E-state index contributed by atoms with van der Waals surface area (Å²) in [5.41, 5.74) is 0.319. The second kappa shape index (κ2) is 8.36. The zero-order valence-electron chi connectivity index (χ0n) is 16.2. The molecule has 2 heterocycles. The first-order valence-corrected chi connectivity index (χ1v) is 10.9. The molecule has 0 bridgehead atoms. The van der Waals surface area contributed by atoms with Crippen LogP contribution in [0.15, 0.2) is 47.4 Å². The molecule has 11 heteroatoms. The number of ether oxygens (including phenoxy) is 2. The monoisotopic (exact) mass is 446 g/mol. The molecular weight excluding hydrogens is 428 g/mol. The van der Waals surface area contributed by atoms with Gasteiger partial charge in [-0.3, -0.25) is 9.59 Å². The number of carbonyl (C=O) groups is 3. The van der Waals surface area contributed by atoms with E-state index in [-0.39, 0.29) is 35.4 Å². The largest absolute Gasteiger partial charge is 0.486 e. The van der Waals surface area contributed by atoms with Gasteiger partial charge in [0.2, 0.25) is 10.0 Å². The third-order valence-electron chi connectivity index (χ3n) is 4.62. The average molecular weight is 446 g/mol. The molecule has 0 saturated carbocycles. The summed E-state index contributed by atoms with van der Waals surface area (Å²) in [5, 5.41) is 0.423. The normalized spacial score (nSPS) is 15.0. The molecule has 4 rings (SSSR count). The van der Waals surface area contributed by atoms with E-state index >= 15 is 0 Å². The molecule has 0 aliphatic carbocycles. The highest BCUT2D eigenvalue weighted by molar-refractivity contribution is 7.89. The highest BCUT2D eigenvalue weighted by atomic mass is 32.2. The van der Waals surface area contributed by atoms with Crippen LogP contribution in [0.1, 0.15) is 33.6 Å². The minimum absolute atomic E-state index is 0.00495. The van der Waals surface area contributed by atoms with Gasteiger partial charge in [0, 0.05) is 19.0 Å². The molecule has 0 fully saturated rings. The third-order valence-corrected chi connectivity index (χ3v) is 6.08. The quantitative estimate of drug-likeness (QED) is 0.497. The van der Waals surface area contributed by atoms with Gasteiger partial charge in [0.25, 0.3) is 11.8 Å². The van der Waals surface area contributed by atoms with Crippen LogP contribution < -0.4 is 14.2 Å². The lowest BCUT2D eigenvalue weighted by Crippen LogP contribution is -2.33. The summed E-state index contributed by atoms with van der Waals surface area (Å²) in [5.74, 6) is -1.44.